The maximum Gasteiger partial charge on any atom is 0.269 e. The van der Waals surface area contributed by atoms with Crippen LogP contribution in [0.25, 0.3) is 0 Å². The number of non-ortho nitro benzene ring substituents is 1. The number of carbonyl (C=O) groups excluding carboxylic acids is 1. The van der Waals surface area contributed by atoms with E-state index in [0.29, 0.717) is 24.0 Å². The van der Waals surface area contributed by atoms with Gasteiger partial charge in [-0.15, -0.1) is 0 Å². The van der Waals surface area contributed by atoms with Gasteiger partial charge >= 0.3 is 0 Å². The molecule has 0 aromatic heterocycles. The van der Waals surface area contributed by atoms with Crippen LogP contribution in [-0.2, 0) is 4.79 Å². The Morgan fingerprint density at radius 3 is 2.34 bits per heavy atom. The second-order valence-corrected chi connectivity index (χ2v) is 9.72. The summed E-state index contributed by atoms with van der Waals surface area (Å²) in [6.07, 6.45) is 0.954. The van der Waals surface area contributed by atoms with Crippen LogP contribution >= 0.6 is 15.9 Å². The molecule has 7 nitrogen and oxygen atoms in total. The third kappa shape index (κ3) is 3.69. The number of rotatable bonds is 3. The van der Waals surface area contributed by atoms with Crippen molar-refractivity contribution in [1.29, 1.82) is 5.26 Å². The summed E-state index contributed by atoms with van der Waals surface area (Å²) in [5.74, 6) is -0.435. The highest BCUT2D eigenvalue weighted by Crippen LogP contribution is 2.50. The SMILES string of the molecule is CC1(C)CC(=O)C2=C(C1)N(c1ccc(Br)cc1)C(N)=C(C#N)[C@H]2c1ccc([N+](=O)[O-])cc1. The van der Waals surface area contributed by atoms with Gasteiger partial charge in [0.25, 0.3) is 5.69 Å². The van der Waals surface area contributed by atoms with Crippen LogP contribution in [0.5, 0.6) is 0 Å². The summed E-state index contributed by atoms with van der Waals surface area (Å²) < 4.78 is 0.902. The van der Waals surface area contributed by atoms with Crippen molar-refractivity contribution >= 4 is 33.1 Å². The van der Waals surface area contributed by atoms with Gasteiger partial charge in [0.05, 0.1) is 22.5 Å². The van der Waals surface area contributed by atoms with Crippen LogP contribution < -0.4 is 10.6 Å². The summed E-state index contributed by atoms with van der Waals surface area (Å²) in [6, 6.07) is 15.7. The number of nitriles is 1. The third-order valence-corrected chi connectivity index (χ3v) is 6.43. The Morgan fingerprint density at radius 2 is 1.78 bits per heavy atom. The third-order valence-electron chi connectivity index (χ3n) is 5.90. The number of nitrogens with zero attached hydrogens (tertiary/aromatic N) is 3. The van der Waals surface area contributed by atoms with E-state index in [4.69, 9.17) is 5.73 Å². The van der Waals surface area contributed by atoms with Gasteiger partial charge in [0.2, 0.25) is 0 Å². The zero-order valence-electron chi connectivity index (χ0n) is 17.6. The molecule has 4 rings (SSSR count). The number of nitrogens with two attached hydrogens (primary N) is 1. The zero-order chi connectivity index (χ0) is 23.2. The number of ketones is 1. The van der Waals surface area contributed by atoms with Crippen LogP contribution in [-0.4, -0.2) is 10.7 Å². The highest BCUT2D eigenvalue weighted by atomic mass is 79.9. The predicted octanol–water partition coefficient (Wildman–Crippen LogP) is 5.30. The molecule has 0 radical (unpaired) electrons. The van der Waals surface area contributed by atoms with Gasteiger partial charge in [0, 0.05) is 40.0 Å². The Balaban J connectivity index is 1.96. The second kappa shape index (κ2) is 7.92. The number of halogens is 1. The van der Waals surface area contributed by atoms with Crippen molar-refractivity contribution in [2.75, 3.05) is 4.90 Å². The molecule has 1 heterocycles. The Morgan fingerprint density at radius 1 is 1.16 bits per heavy atom. The Hall–Kier alpha value is -3.44. The first-order chi connectivity index (χ1) is 15.1. The summed E-state index contributed by atoms with van der Waals surface area (Å²) >= 11 is 3.43. The smallest absolute Gasteiger partial charge is 0.269 e. The molecule has 0 saturated carbocycles. The molecule has 0 bridgehead atoms. The number of nitro groups is 1. The zero-order valence-corrected chi connectivity index (χ0v) is 19.2. The molecule has 0 saturated heterocycles. The van der Waals surface area contributed by atoms with Gasteiger partial charge in [0.15, 0.2) is 5.78 Å². The van der Waals surface area contributed by atoms with Crippen LogP contribution in [0.1, 0.15) is 38.2 Å². The minimum atomic E-state index is -0.661. The molecular weight excluding hydrogens is 472 g/mol. The van der Waals surface area contributed by atoms with E-state index >= 15 is 0 Å². The molecule has 1 atom stereocenters. The Kier molecular flexibility index (Phi) is 5.39. The fourth-order valence-electron chi connectivity index (χ4n) is 4.52. The monoisotopic (exact) mass is 492 g/mol. The molecule has 32 heavy (non-hydrogen) atoms. The van der Waals surface area contributed by atoms with E-state index in [2.05, 4.69) is 22.0 Å². The van der Waals surface area contributed by atoms with E-state index in [0.717, 1.165) is 15.9 Å². The number of anilines is 1. The fourth-order valence-corrected chi connectivity index (χ4v) is 4.78. The molecule has 2 aromatic rings. The van der Waals surface area contributed by atoms with E-state index < -0.39 is 10.8 Å². The lowest BCUT2D eigenvalue weighted by molar-refractivity contribution is -0.384. The highest BCUT2D eigenvalue weighted by Gasteiger charge is 2.44. The predicted molar refractivity (Wildman–Crippen MR) is 124 cm³/mol. The van der Waals surface area contributed by atoms with Crippen LogP contribution in [0, 0.1) is 26.9 Å². The van der Waals surface area contributed by atoms with E-state index in [1.54, 1.807) is 17.0 Å². The first-order valence-electron chi connectivity index (χ1n) is 10.1. The first kappa shape index (κ1) is 21.8. The molecule has 2 aromatic carbocycles. The highest BCUT2D eigenvalue weighted by molar-refractivity contribution is 9.10. The number of nitro benzene ring substituents is 1. The molecule has 2 aliphatic rings. The standard InChI is InChI=1S/C24H21BrN4O3/c1-24(2)11-19-22(20(30)12-24)21(14-3-7-17(8-4-14)29(31)32)18(13-26)23(27)28(19)16-9-5-15(25)6-10-16/h3-10,21H,11-12,27H2,1-2H3/t21-/m1/s1. The van der Waals surface area contributed by atoms with Gasteiger partial charge in [0.1, 0.15) is 5.82 Å². The van der Waals surface area contributed by atoms with Gasteiger partial charge in [-0.25, -0.2) is 0 Å². The van der Waals surface area contributed by atoms with Crippen LogP contribution in [0.2, 0.25) is 0 Å². The lowest BCUT2D eigenvalue weighted by atomic mass is 9.68. The fraction of sp³-hybridized carbons (Fsp3) is 0.250. The van der Waals surface area contributed by atoms with Crippen molar-refractivity contribution in [2.45, 2.75) is 32.6 Å². The summed E-state index contributed by atoms with van der Waals surface area (Å²) in [4.78, 5) is 25.8. The second-order valence-electron chi connectivity index (χ2n) is 8.81. The number of Topliss-reactive ketones (excluding diaryl/α,β-unsaturated/α-hetero) is 1. The average molecular weight is 493 g/mol. The van der Waals surface area contributed by atoms with Gasteiger partial charge in [-0.3, -0.25) is 19.8 Å². The number of carbonyl (C=O) groups is 1. The van der Waals surface area contributed by atoms with E-state index in [1.165, 1.54) is 12.1 Å². The van der Waals surface area contributed by atoms with Gasteiger partial charge in [-0.1, -0.05) is 41.9 Å². The van der Waals surface area contributed by atoms with Crippen molar-refractivity contribution in [3.8, 4) is 6.07 Å². The maximum atomic E-state index is 13.4. The molecule has 2 N–H and O–H groups in total. The van der Waals surface area contributed by atoms with Crippen molar-refractivity contribution in [1.82, 2.24) is 0 Å². The van der Waals surface area contributed by atoms with E-state index in [1.807, 2.05) is 38.1 Å². The molecule has 0 spiro atoms. The van der Waals surface area contributed by atoms with Gasteiger partial charge in [-0.05, 0) is 41.7 Å². The molecule has 1 aliphatic carbocycles. The number of hydrogen-bond donors (Lipinski definition) is 1. The van der Waals surface area contributed by atoms with Crippen molar-refractivity contribution in [2.24, 2.45) is 11.1 Å². The van der Waals surface area contributed by atoms with Gasteiger partial charge in [-0.2, -0.15) is 5.26 Å². The molecular formula is C24H21BrN4O3. The molecule has 0 amide bonds. The molecule has 0 fully saturated rings. The minimum Gasteiger partial charge on any atom is -0.384 e. The largest absolute Gasteiger partial charge is 0.384 e. The maximum absolute atomic E-state index is 13.4. The number of allylic oxidation sites excluding steroid dienone is 3. The van der Waals surface area contributed by atoms with Crippen LogP contribution in [0.4, 0.5) is 11.4 Å². The summed E-state index contributed by atoms with van der Waals surface area (Å²) in [7, 11) is 0. The summed E-state index contributed by atoms with van der Waals surface area (Å²) in [5, 5.41) is 21.1. The molecule has 162 valence electrons. The molecule has 1 aliphatic heterocycles. The van der Waals surface area contributed by atoms with E-state index in [-0.39, 0.29) is 28.3 Å². The lowest BCUT2D eigenvalue weighted by Crippen LogP contribution is -2.42. The van der Waals surface area contributed by atoms with Crippen LogP contribution in [0.3, 0.4) is 0 Å². The van der Waals surface area contributed by atoms with Crippen molar-refractivity contribution in [3.63, 3.8) is 0 Å². The molecule has 8 heteroatoms. The van der Waals surface area contributed by atoms with Crippen molar-refractivity contribution in [3.05, 3.63) is 91.3 Å². The number of hydrogen-bond acceptors (Lipinski definition) is 6. The lowest BCUT2D eigenvalue weighted by Gasteiger charge is -2.43. The van der Waals surface area contributed by atoms with Gasteiger partial charge < -0.3 is 5.73 Å². The first-order valence-corrected chi connectivity index (χ1v) is 10.9. The molecule has 0 unspecified atom stereocenters. The topological polar surface area (TPSA) is 113 Å². The minimum absolute atomic E-state index is 0.0398. The number of benzene rings is 2. The Bertz CT molecular complexity index is 1220. The average Bonchev–Trinajstić information content (AvgIpc) is 2.73. The van der Waals surface area contributed by atoms with Crippen LogP contribution in [0.15, 0.2) is 75.7 Å². The van der Waals surface area contributed by atoms with E-state index in [9.17, 15) is 20.2 Å². The quantitative estimate of drug-likeness (QED) is 0.459. The summed E-state index contributed by atoms with van der Waals surface area (Å²) in [5.41, 5.74) is 9.20. The Labute approximate surface area is 194 Å². The van der Waals surface area contributed by atoms with Crippen molar-refractivity contribution < 1.29 is 9.72 Å². The normalized spacial score (nSPS) is 20.1. The summed E-state index contributed by atoms with van der Waals surface area (Å²) in [6.45, 7) is 4.07.